The van der Waals surface area contributed by atoms with Crippen molar-refractivity contribution in [2.45, 2.75) is 37.5 Å². The molecule has 0 bridgehead atoms. The van der Waals surface area contributed by atoms with Gasteiger partial charge in [-0.3, -0.25) is 10.1 Å². The largest absolute Gasteiger partial charge is 0.306 e. The second-order valence-electron chi connectivity index (χ2n) is 5.33. The highest BCUT2D eigenvalue weighted by Crippen LogP contribution is 2.26. The first kappa shape index (κ1) is 15.8. The van der Waals surface area contributed by atoms with Gasteiger partial charge in [0, 0.05) is 12.6 Å². The Bertz CT molecular complexity index is 654. The van der Waals surface area contributed by atoms with Gasteiger partial charge in [-0.25, -0.2) is 13.1 Å². The monoisotopic (exact) mass is 316 g/mol. The predicted molar refractivity (Wildman–Crippen MR) is 74.9 cm³/mol. The first-order valence-corrected chi connectivity index (χ1v) is 8.24. The molecule has 21 heavy (non-hydrogen) atoms. The van der Waals surface area contributed by atoms with Crippen molar-refractivity contribution in [1.29, 1.82) is 0 Å². The fourth-order valence-electron chi connectivity index (χ4n) is 2.53. The summed E-state index contributed by atoms with van der Waals surface area (Å²) >= 11 is 0. The summed E-state index contributed by atoms with van der Waals surface area (Å²) in [4.78, 5) is 9.58. The summed E-state index contributed by atoms with van der Waals surface area (Å²) < 4.78 is 40.4. The maximum atomic E-state index is 13.6. The van der Waals surface area contributed by atoms with Crippen molar-refractivity contribution in [2.75, 3.05) is 6.54 Å². The molecule has 0 spiro atoms. The Morgan fingerprint density at radius 3 is 2.57 bits per heavy atom. The number of nitrogens with zero attached hydrogens (tertiary/aromatic N) is 1. The Labute approximate surface area is 122 Å². The van der Waals surface area contributed by atoms with Gasteiger partial charge in [0.2, 0.25) is 15.8 Å². The highest BCUT2D eigenvalue weighted by Gasteiger charge is 2.25. The lowest BCUT2D eigenvalue weighted by Gasteiger charge is -2.12. The molecule has 0 aliphatic heterocycles. The van der Waals surface area contributed by atoms with Gasteiger partial charge >= 0.3 is 5.69 Å². The minimum atomic E-state index is -3.86. The van der Waals surface area contributed by atoms with Crippen LogP contribution in [0.5, 0.6) is 0 Å². The Morgan fingerprint density at radius 1 is 1.38 bits per heavy atom. The zero-order chi connectivity index (χ0) is 15.6. The fourth-order valence-corrected chi connectivity index (χ4v) is 3.75. The molecule has 0 heterocycles. The van der Waals surface area contributed by atoms with Gasteiger partial charge in [-0.05, 0) is 37.3 Å². The molecule has 0 unspecified atom stereocenters. The number of hydrogen-bond acceptors (Lipinski definition) is 4. The molecule has 0 radical (unpaired) electrons. The van der Waals surface area contributed by atoms with Gasteiger partial charge in [-0.1, -0.05) is 12.8 Å². The van der Waals surface area contributed by atoms with E-state index in [1.54, 1.807) is 0 Å². The number of aryl methyl sites for hydroxylation is 1. The summed E-state index contributed by atoms with van der Waals surface area (Å²) in [6.45, 7) is 1.62. The van der Waals surface area contributed by atoms with Crippen LogP contribution in [0.4, 0.5) is 10.1 Å². The predicted octanol–water partition coefficient (Wildman–Crippen LogP) is 2.51. The number of hydrogen-bond donors (Lipinski definition) is 1. The summed E-state index contributed by atoms with van der Waals surface area (Å²) in [6.07, 6.45) is 4.14. The Balaban J connectivity index is 2.24. The number of benzene rings is 1. The highest BCUT2D eigenvalue weighted by molar-refractivity contribution is 7.89. The molecule has 8 heteroatoms. The van der Waals surface area contributed by atoms with Crippen molar-refractivity contribution in [3.05, 3.63) is 33.6 Å². The van der Waals surface area contributed by atoms with Crippen LogP contribution in [0.25, 0.3) is 0 Å². The molecule has 0 aromatic heterocycles. The lowest BCUT2D eigenvalue weighted by atomic mass is 10.1. The van der Waals surface area contributed by atoms with Crippen molar-refractivity contribution in [2.24, 2.45) is 5.92 Å². The minimum absolute atomic E-state index is 0.0644. The summed E-state index contributed by atoms with van der Waals surface area (Å²) in [6, 6.07) is 1.87. The highest BCUT2D eigenvalue weighted by atomic mass is 32.2. The fraction of sp³-hybridized carbons (Fsp3) is 0.538. The smallest absolute Gasteiger partial charge is 0.258 e. The van der Waals surface area contributed by atoms with Crippen LogP contribution in [0.2, 0.25) is 0 Å². The average Bonchev–Trinajstić information content (AvgIpc) is 2.92. The van der Waals surface area contributed by atoms with Gasteiger partial charge in [0.25, 0.3) is 0 Å². The third kappa shape index (κ3) is 3.56. The molecular formula is C13H17FN2O4S. The van der Waals surface area contributed by atoms with Crippen LogP contribution < -0.4 is 4.72 Å². The Morgan fingerprint density at radius 2 is 2.00 bits per heavy atom. The number of sulfonamides is 1. The number of halogens is 1. The summed E-state index contributed by atoms with van der Waals surface area (Å²) in [7, 11) is -3.86. The molecule has 6 nitrogen and oxygen atoms in total. The Kier molecular flexibility index (Phi) is 4.58. The first-order chi connectivity index (χ1) is 9.81. The molecule has 1 aromatic rings. The van der Waals surface area contributed by atoms with E-state index in [9.17, 15) is 22.9 Å². The third-order valence-electron chi connectivity index (χ3n) is 3.75. The van der Waals surface area contributed by atoms with Gasteiger partial charge in [0.05, 0.1) is 9.82 Å². The van der Waals surface area contributed by atoms with Crippen LogP contribution in [-0.4, -0.2) is 19.9 Å². The SMILES string of the molecule is Cc1cc(S(=O)(=O)NCC2CCCC2)cc([N+](=O)[O-])c1F. The van der Waals surface area contributed by atoms with Gasteiger partial charge < -0.3 is 0 Å². The third-order valence-corrected chi connectivity index (χ3v) is 5.16. The molecule has 0 amide bonds. The molecule has 1 N–H and O–H groups in total. The van der Waals surface area contributed by atoms with E-state index in [4.69, 9.17) is 0 Å². The lowest BCUT2D eigenvalue weighted by molar-refractivity contribution is -0.387. The van der Waals surface area contributed by atoms with E-state index in [-0.39, 0.29) is 10.5 Å². The minimum Gasteiger partial charge on any atom is -0.258 e. The van der Waals surface area contributed by atoms with E-state index in [0.717, 1.165) is 37.8 Å². The van der Waals surface area contributed by atoms with Gasteiger partial charge in [0.1, 0.15) is 0 Å². The molecule has 1 aliphatic carbocycles. The van der Waals surface area contributed by atoms with Crippen molar-refractivity contribution < 1.29 is 17.7 Å². The van der Waals surface area contributed by atoms with Crippen LogP contribution in [0, 0.1) is 28.8 Å². The molecule has 1 aliphatic rings. The van der Waals surface area contributed by atoms with Crippen molar-refractivity contribution in [3.63, 3.8) is 0 Å². The van der Waals surface area contributed by atoms with Crippen LogP contribution in [-0.2, 0) is 10.0 Å². The second kappa shape index (κ2) is 6.07. The summed E-state index contributed by atoms with van der Waals surface area (Å²) in [5, 5.41) is 10.8. The van der Waals surface area contributed by atoms with Crippen molar-refractivity contribution >= 4 is 15.7 Å². The van der Waals surface area contributed by atoms with E-state index in [0.29, 0.717) is 12.5 Å². The maximum Gasteiger partial charge on any atom is 0.306 e. The molecule has 1 saturated carbocycles. The van der Waals surface area contributed by atoms with E-state index < -0.39 is 26.5 Å². The van der Waals surface area contributed by atoms with Crippen molar-refractivity contribution in [1.82, 2.24) is 4.72 Å². The van der Waals surface area contributed by atoms with E-state index in [2.05, 4.69) is 4.72 Å². The Hall–Kier alpha value is -1.54. The topological polar surface area (TPSA) is 89.3 Å². The second-order valence-corrected chi connectivity index (χ2v) is 7.10. The van der Waals surface area contributed by atoms with Gasteiger partial charge in [-0.2, -0.15) is 4.39 Å². The lowest BCUT2D eigenvalue weighted by Crippen LogP contribution is -2.28. The van der Waals surface area contributed by atoms with Crippen LogP contribution in [0.1, 0.15) is 31.2 Å². The van der Waals surface area contributed by atoms with Crippen LogP contribution in [0.15, 0.2) is 17.0 Å². The van der Waals surface area contributed by atoms with Gasteiger partial charge in [-0.15, -0.1) is 0 Å². The number of nitrogens with one attached hydrogen (secondary N) is 1. The zero-order valence-corrected chi connectivity index (χ0v) is 12.5. The summed E-state index contributed by atoms with van der Waals surface area (Å²) in [5.41, 5.74) is -0.887. The van der Waals surface area contributed by atoms with Gasteiger partial charge in [0.15, 0.2) is 0 Å². The number of nitro groups is 1. The van der Waals surface area contributed by atoms with Crippen LogP contribution >= 0.6 is 0 Å². The number of rotatable bonds is 5. The first-order valence-electron chi connectivity index (χ1n) is 6.75. The maximum absolute atomic E-state index is 13.6. The molecule has 2 rings (SSSR count). The standard InChI is InChI=1S/C13H17FN2O4S/c1-9-6-11(7-12(13(9)14)16(17)18)21(19,20)15-8-10-4-2-3-5-10/h6-7,10,15H,2-5,8H2,1H3. The summed E-state index contributed by atoms with van der Waals surface area (Å²) in [5.74, 6) is -0.703. The zero-order valence-electron chi connectivity index (χ0n) is 11.6. The normalized spacial score (nSPS) is 16.3. The van der Waals surface area contributed by atoms with E-state index in [1.807, 2.05) is 0 Å². The number of nitro benzene ring substituents is 1. The van der Waals surface area contributed by atoms with Crippen molar-refractivity contribution in [3.8, 4) is 0 Å². The molecule has 1 aromatic carbocycles. The quantitative estimate of drug-likeness (QED) is 0.667. The molecule has 116 valence electrons. The molecule has 0 atom stereocenters. The van der Waals surface area contributed by atoms with E-state index in [1.165, 1.54) is 6.92 Å². The molecule has 0 saturated heterocycles. The van der Waals surface area contributed by atoms with E-state index >= 15 is 0 Å². The molecule has 1 fully saturated rings. The average molecular weight is 316 g/mol. The molecular weight excluding hydrogens is 299 g/mol. The van der Waals surface area contributed by atoms with Crippen LogP contribution in [0.3, 0.4) is 0 Å².